The molecule has 5 heteroatoms. The van der Waals surface area contributed by atoms with Crippen molar-refractivity contribution < 1.29 is 9.53 Å². The Labute approximate surface area is 103 Å². The van der Waals surface area contributed by atoms with Gasteiger partial charge in [-0.05, 0) is 33.2 Å². The van der Waals surface area contributed by atoms with E-state index in [0.29, 0.717) is 19.2 Å². The summed E-state index contributed by atoms with van der Waals surface area (Å²) >= 11 is 0. The van der Waals surface area contributed by atoms with Crippen molar-refractivity contribution in [2.75, 3.05) is 26.8 Å². The Morgan fingerprint density at radius 2 is 2.24 bits per heavy atom. The van der Waals surface area contributed by atoms with E-state index in [9.17, 15) is 4.79 Å². The predicted octanol–water partition coefficient (Wildman–Crippen LogP) is 0.557. The number of urea groups is 1. The normalized spacial score (nSPS) is 25.9. The fraction of sp³-hybridized carbons (Fsp3) is 0.917. The van der Waals surface area contributed by atoms with E-state index in [4.69, 9.17) is 4.74 Å². The molecule has 2 rings (SSSR count). The number of nitrogens with one attached hydrogen (secondary N) is 2. The Bertz CT molecular complexity index is 262. The van der Waals surface area contributed by atoms with Gasteiger partial charge in [0.15, 0.2) is 0 Å². The summed E-state index contributed by atoms with van der Waals surface area (Å²) in [5.41, 5.74) is 0. The average molecular weight is 241 g/mol. The van der Waals surface area contributed by atoms with Crippen LogP contribution in [0.25, 0.3) is 0 Å². The molecule has 2 fully saturated rings. The quantitative estimate of drug-likeness (QED) is 0.739. The van der Waals surface area contributed by atoms with Gasteiger partial charge >= 0.3 is 6.03 Å². The lowest BCUT2D eigenvalue weighted by atomic mass is 10.2. The highest BCUT2D eigenvalue weighted by atomic mass is 16.5. The van der Waals surface area contributed by atoms with Gasteiger partial charge in [-0.2, -0.15) is 0 Å². The van der Waals surface area contributed by atoms with Crippen molar-refractivity contribution in [3.63, 3.8) is 0 Å². The van der Waals surface area contributed by atoms with Crippen LogP contribution in [0.4, 0.5) is 4.79 Å². The molecule has 0 bridgehead atoms. The van der Waals surface area contributed by atoms with Crippen LogP contribution in [0, 0.1) is 0 Å². The molecule has 5 nitrogen and oxygen atoms in total. The number of nitrogens with zero attached hydrogens (tertiary/aromatic N) is 1. The van der Waals surface area contributed by atoms with Gasteiger partial charge in [0.1, 0.15) is 0 Å². The number of amides is 2. The van der Waals surface area contributed by atoms with Crippen LogP contribution in [0.3, 0.4) is 0 Å². The van der Waals surface area contributed by atoms with Gasteiger partial charge in [0.05, 0.1) is 12.6 Å². The SMILES string of the molecule is CC(CNC(=O)NC1CCOC1)N(C)C1CC1. The summed E-state index contributed by atoms with van der Waals surface area (Å²) in [6, 6.07) is 1.24. The summed E-state index contributed by atoms with van der Waals surface area (Å²) in [5.74, 6) is 0. The Morgan fingerprint density at radius 3 is 2.82 bits per heavy atom. The van der Waals surface area contributed by atoms with Crippen LogP contribution in [0.5, 0.6) is 0 Å². The van der Waals surface area contributed by atoms with E-state index in [0.717, 1.165) is 19.1 Å². The molecule has 0 spiro atoms. The first-order valence-electron chi connectivity index (χ1n) is 6.51. The number of likely N-dealkylation sites (N-methyl/N-ethyl adjacent to an activating group) is 1. The average Bonchev–Trinajstić information content (AvgIpc) is 3.05. The fourth-order valence-corrected chi connectivity index (χ4v) is 2.11. The molecule has 1 heterocycles. The molecule has 1 saturated carbocycles. The minimum Gasteiger partial charge on any atom is -0.379 e. The molecule has 2 aliphatic rings. The van der Waals surface area contributed by atoms with Crippen LogP contribution in [-0.2, 0) is 4.74 Å². The summed E-state index contributed by atoms with van der Waals surface area (Å²) < 4.78 is 5.21. The number of hydrogen-bond donors (Lipinski definition) is 2. The molecule has 0 aromatic heterocycles. The number of hydrogen-bond acceptors (Lipinski definition) is 3. The number of carbonyl (C=O) groups is 1. The van der Waals surface area contributed by atoms with Crippen LogP contribution in [0.1, 0.15) is 26.2 Å². The van der Waals surface area contributed by atoms with Crippen molar-refractivity contribution in [2.24, 2.45) is 0 Å². The van der Waals surface area contributed by atoms with Gasteiger partial charge in [0.25, 0.3) is 0 Å². The molecular weight excluding hydrogens is 218 g/mol. The molecule has 1 saturated heterocycles. The maximum absolute atomic E-state index is 11.6. The lowest BCUT2D eigenvalue weighted by Crippen LogP contribution is -2.47. The zero-order chi connectivity index (χ0) is 12.3. The van der Waals surface area contributed by atoms with Crippen LogP contribution in [0.2, 0.25) is 0 Å². The lowest BCUT2D eigenvalue weighted by molar-refractivity contribution is 0.187. The second-order valence-electron chi connectivity index (χ2n) is 5.16. The predicted molar refractivity (Wildman–Crippen MR) is 66.0 cm³/mol. The van der Waals surface area contributed by atoms with Crippen molar-refractivity contribution in [2.45, 2.75) is 44.3 Å². The first kappa shape index (κ1) is 12.6. The Morgan fingerprint density at radius 1 is 1.47 bits per heavy atom. The fourth-order valence-electron chi connectivity index (χ4n) is 2.11. The Hall–Kier alpha value is -0.810. The third kappa shape index (κ3) is 3.85. The van der Waals surface area contributed by atoms with Gasteiger partial charge in [0.2, 0.25) is 0 Å². The molecule has 2 N–H and O–H groups in total. The van der Waals surface area contributed by atoms with Crippen LogP contribution >= 0.6 is 0 Å². The molecule has 2 atom stereocenters. The van der Waals surface area contributed by atoms with Crippen molar-refractivity contribution in [1.29, 1.82) is 0 Å². The summed E-state index contributed by atoms with van der Waals surface area (Å²) in [4.78, 5) is 14.0. The van der Waals surface area contributed by atoms with Gasteiger partial charge in [-0.25, -0.2) is 4.79 Å². The number of rotatable bonds is 5. The standard InChI is InChI=1S/C12H23N3O2/c1-9(15(2)11-3-4-11)7-13-12(16)14-10-5-6-17-8-10/h9-11H,3-8H2,1-2H3,(H2,13,14,16). The summed E-state index contributed by atoms with van der Waals surface area (Å²) in [7, 11) is 2.13. The van der Waals surface area contributed by atoms with E-state index in [-0.39, 0.29) is 12.1 Å². The topological polar surface area (TPSA) is 53.6 Å². The largest absolute Gasteiger partial charge is 0.379 e. The highest BCUT2D eigenvalue weighted by Gasteiger charge is 2.29. The first-order chi connectivity index (χ1) is 8.16. The first-order valence-corrected chi connectivity index (χ1v) is 6.51. The maximum Gasteiger partial charge on any atom is 0.315 e. The monoisotopic (exact) mass is 241 g/mol. The van der Waals surface area contributed by atoms with Gasteiger partial charge in [0, 0.05) is 25.2 Å². The molecule has 98 valence electrons. The summed E-state index contributed by atoms with van der Waals surface area (Å²) in [6.45, 7) is 4.25. The van der Waals surface area contributed by atoms with Gasteiger partial charge < -0.3 is 15.4 Å². The van der Waals surface area contributed by atoms with E-state index in [1.54, 1.807) is 0 Å². The van der Waals surface area contributed by atoms with Gasteiger partial charge in [-0.1, -0.05) is 0 Å². The zero-order valence-electron chi connectivity index (χ0n) is 10.7. The third-order valence-electron chi connectivity index (χ3n) is 3.64. The van der Waals surface area contributed by atoms with E-state index in [1.165, 1.54) is 12.8 Å². The molecule has 1 aliphatic heterocycles. The van der Waals surface area contributed by atoms with Crippen LogP contribution in [0.15, 0.2) is 0 Å². The van der Waals surface area contributed by atoms with Crippen molar-refractivity contribution in [1.82, 2.24) is 15.5 Å². The number of carbonyl (C=O) groups excluding carboxylic acids is 1. The van der Waals surface area contributed by atoms with E-state index in [2.05, 4.69) is 29.5 Å². The van der Waals surface area contributed by atoms with Crippen molar-refractivity contribution in [3.05, 3.63) is 0 Å². The minimum absolute atomic E-state index is 0.0726. The van der Waals surface area contributed by atoms with E-state index >= 15 is 0 Å². The van der Waals surface area contributed by atoms with Crippen molar-refractivity contribution in [3.8, 4) is 0 Å². The molecule has 2 unspecified atom stereocenters. The summed E-state index contributed by atoms with van der Waals surface area (Å²) in [6.07, 6.45) is 3.52. The molecule has 17 heavy (non-hydrogen) atoms. The molecule has 1 aliphatic carbocycles. The van der Waals surface area contributed by atoms with Crippen molar-refractivity contribution >= 4 is 6.03 Å². The second-order valence-corrected chi connectivity index (χ2v) is 5.16. The molecule has 0 radical (unpaired) electrons. The van der Waals surface area contributed by atoms with Gasteiger partial charge in [-0.3, -0.25) is 4.90 Å². The third-order valence-corrected chi connectivity index (χ3v) is 3.64. The zero-order valence-corrected chi connectivity index (χ0v) is 10.7. The Kier molecular flexibility index (Phi) is 4.23. The molecule has 2 amide bonds. The second kappa shape index (κ2) is 5.69. The minimum atomic E-state index is -0.0726. The maximum atomic E-state index is 11.6. The highest BCUT2D eigenvalue weighted by Crippen LogP contribution is 2.26. The van der Waals surface area contributed by atoms with Crippen LogP contribution in [-0.4, -0.2) is 55.9 Å². The molecule has 0 aromatic carbocycles. The number of ether oxygens (including phenoxy) is 1. The lowest BCUT2D eigenvalue weighted by Gasteiger charge is -2.25. The van der Waals surface area contributed by atoms with Crippen LogP contribution < -0.4 is 10.6 Å². The smallest absolute Gasteiger partial charge is 0.315 e. The summed E-state index contributed by atoms with van der Waals surface area (Å²) in [5, 5.41) is 5.85. The Balaban J connectivity index is 1.61. The van der Waals surface area contributed by atoms with E-state index < -0.39 is 0 Å². The molecular formula is C12H23N3O2. The van der Waals surface area contributed by atoms with Gasteiger partial charge in [-0.15, -0.1) is 0 Å². The van der Waals surface area contributed by atoms with E-state index in [1.807, 2.05) is 0 Å². The highest BCUT2D eigenvalue weighted by molar-refractivity contribution is 5.74. The molecule has 0 aromatic rings.